The van der Waals surface area contributed by atoms with Gasteiger partial charge in [-0.2, -0.15) is 5.10 Å². The fraction of sp³-hybridized carbons (Fsp3) is 0.500. The van der Waals surface area contributed by atoms with E-state index in [1.165, 1.54) is 41.8 Å². The number of benzene rings is 2. The Morgan fingerprint density at radius 3 is 2.50 bits per heavy atom. The minimum absolute atomic E-state index is 0.0587. The molecule has 186 valence electrons. The van der Waals surface area contributed by atoms with Gasteiger partial charge in [0, 0.05) is 28.0 Å². The third-order valence-corrected chi connectivity index (χ3v) is 11.2. The van der Waals surface area contributed by atoms with E-state index in [1.807, 2.05) is 12.1 Å². The van der Waals surface area contributed by atoms with Gasteiger partial charge in [0.05, 0.1) is 17.1 Å². The molecule has 3 fully saturated rings. The van der Waals surface area contributed by atoms with E-state index in [-0.39, 0.29) is 10.8 Å². The van der Waals surface area contributed by atoms with Gasteiger partial charge in [-0.1, -0.05) is 55.8 Å². The zero-order valence-corrected chi connectivity index (χ0v) is 22.1. The van der Waals surface area contributed by atoms with Gasteiger partial charge in [0.15, 0.2) is 0 Å². The first-order chi connectivity index (χ1) is 17.4. The van der Waals surface area contributed by atoms with Gasteiger partial charge in [-0.05, 0) is 98.3 Å². The maximum Gasteiger partial charge on any atom is 0.139 e. The fourth-order valence-corrected chi connectivity index (χ4v) is 9.16. The molecule has 0 aliphatic heterocycles. The van der Waals surface area contributed by atoms with Crippen LogP contribution in [0.1, 0.15) is 63.6 Å². The van der Waals surface area contributed by atoms with Crippen molar-refractivity contribution in [1.29, 1.82) is 0 Å². The maximum atomic E-state index is 12.9. The van der Waals surface area contributed by atoms with E-state index in [9.17, 15) is 4.79 Å². The molecule has 7 rings (SSSR count). The van der Waals surface area contributed by atoms with Crippen LogP contribution in [0.25, 0.3) is 16.9 Å². The van der Waals surface area contributed by atoms with E-state index in [0.717, 1.165) is 42.8 Å². The first-order valence-electron chi connectivity index (χ1n) is 13.8. The van der Waals surface area contributed by atoms with Crippen LogP contribution in [0, 0.1) is 34.5 Å². The number of fused-ring (bicyclic) bond motifs is 6. The number of para-hydroxylation sites is 1. The number of nitrogens with zero attached hydrogens (tertiary/aromatic N) is 2. The van der Waals surface area contributed by atoms with E-state index in [2.05, 4.69) is 61.0 Å². The minimum Gasteiger partial charge on any atom is -0.299 e. The minimum atomic E-state index is -0.0587. The topological polar surface area (TPSA) is 34.9 Å². The Morgan fingerprint density at radius 1 is 0.944 bits per heavy atom. The van der Waals surface area contributed by atoms with Gasteiger partial charge < -0.3 is 0 Å². The highest BCUT2D eigenvalue weighted by Gasteiger charge is 2.60. The van der Waals surface area contributed by atoms with E-state index in [1.54, 1.807) is 0 Å². The molecule has 0 unspecified atom stereocenters. The van der Waals surface area contributed by atoms with E-state index in [4.69, 9.17) is 16.7 Å². The lowest BCUT2D eigenvalue weighted by Gasteiger charge is -2.59. The van der Waals surface area contributed by atoms with Gasteiger partial charge in [-0.3, -0.25) is 4.79 Å². The summed E-state index contributed by atoms with van der Waals surface area (Å²) in [6.07, 6.45) is 8.91. The van der Waals surface area contributed by atoms with Crippen LogP contribution in [-0.2, 0) is 17.6 Å². The lowest BCUT2D eigenvalue weighted by Crippen LogP contribution is -2.54. The van der Waals surface area contributed by atoms with Crippen LogP contribution in [0.2, 0.25) is 5.02 Å². The van der Waals surface area contributed by atoms with Gasteiger partial charge in [-0.15, -0.1) is 0 Å². The van der Waals surface area contributed by atoms with Crippen molar-refractivity contribution in [2.45, 2.75) is 65.2 Å². The molecule has 0 radical (unpaired) electrons. The van der Waals surface area contributed by atoms with Crippen LogP contribution in [0.4, 0.5) is 0 Å². The van der Waals surface area contributed by atoms with E-state index >= 15 is 0 Å². The molecule has 0 saturated heterocycles. The predicted molar refractivity (Wildman–Crippen MR) is 144 cm³/mol. The molecule has 3 nitrogen and oxygen atoms in total. The quantitative estimate of drug-likeness (QED) is 0.362. The molecule has 0 N–H and O–H groups in total. The summed E-state index contributed by atoms with van der Waals surface area (Å²) >= 11 is 6.28. The summed E-state index contributed by atoms with van der Waals surface area (Å²) in [5.74, 6) is 3.20. The third kappa shape index (κ3) is 3.17. The Kier molecular flexibility index (Phi) is 5.10. The highest BCUT2D eigenvalue weighted by atomic mass is 35.5. The molecule has 0 bridgehead atoms. The molecule has 0 spiro atoms. The SMILES string of the molecule is C[C@]12Cc3c(nn(-c4ccccc4)c3-c3ccc(Cl)cc3)C[C@@H]1CC[C@@H]1[C@@H]2CC[C@]2(C)C(=O)CC[C@@H]12. The standard InChI is InChI=1S/C32H35ClN2O/c1-31-17-16-27-24(26(31)14-15-29(31)36)13-10-21-18-28-25(19-32(21,27)2)30(20-8-11-22(33)12-9-20)35(34-28)23-6-4-3-5-7-23/h3-9,11-12,21,24,26-27H,10,13-19H2,1-2H3/t21-,24-,26-,27-,31-,32-/m0/s1. The molecule has 36 heavy (non-hydrogen) atoms. The third-order valence-electron chi connectivity index (χ3n) is 11.0. The number of carbonyl (C=O) groups excluding carboxylic acids is 1. The summed E-state index contributed by atoms with van der Waals surface area (Å²) < 4.78 is 2.18. The van der Waals surface area contributed by atoms with Crippen molar-refractivity contribution >= 4 is 17.4 Å². The Hall–Kier alpha value is -2.39. The second kappa shape index (κ2) is 8.05. The van der Waals surface area contributed by atoms with Crippen molar-refractivity contribution in [2.24, 2.45) is 34.5 Å². The lowest BCUT2D eigenvalue weighted by atomic mass is 9.45. The van der Waals surface area contributed by atoms with Gasteiger partial charge >= 0.3 is 0 Å². The van der Waals surface area contributed by atoms with Gasteiger partial charge in [0.25, 0.3) is 0 Å². The van der Waals surface area contributed by atoms with Gasteiger partial charge in [0.2, 0.25) is 0 Å². The zero-order chi connectivity index (χ0) is 24.7. The largest absolute Gasteiger partial charge is 0.299 e. The Bertz CT molecular complexity index is 1330. The predicted octanol–water partition coefficient (Wildman–Crippen LogP) is 7.72. The monoisotopic (exact) mass is 498 g/mol. The summed E-state index contributed by atoms with van der Waals surface area (Å²) in [6.45, 7) is 4.88. The molecular formula is C32H35ClN2O. The summed E-state index contributed by atoms with van der Waals surface area (Å²) in [4.78, 5) is 12.9. The fourth-order valence-electron chi connectivity index (χ4n) is 9.04. The van der Waals surface area contributed by atoms with Crippen molar-refractivity contribution in [3.63, 3.8) is 0 Å². The average molecular weight is 499 g/mol. The number of hydrogen-bond acceptors (Lipinski definition) is 2. The summed E-state index contributed by atoms with van der Waals surface area (Å²) in [5, 5.41) is 6.02. The Morgan fingerprint density at radius 2 is 1.72 bits per heavy atom. The maximum absolute atomic E-state index is 12.9. The molecule has 0 amide bonds. The number of carbonyl (C=O) groups is 1. The van der Waals surface area contributed by atoms with E-state index < -0.39 is 0 Å². The Labute approximate surface area is 219 Å². The van der Waals surface area contributed by atoms with Crippen molar-refractivity contribution in [1.82, 2.24) is 9.78 Å². The number of aromatic nitrogens is 2. The van der Waals surface area contributed by atoms with Crippen LogP contribution >= 0.6 is 11.6 Å². The molecule has 4 aliphatic rings. The smallest absolute Gasteiger partial charge is 0.139 e. The van der Waals surface area contributed by atoms with Crippen LogP contribution < -0.4 is 0 Å². The van der Waals surface area contributed by atoms with Crippen molar-refractivity contribution < 1.29 is 4.79 Å². The second-order valence-electron chi connectivity index (χ2n) is 12.5. The molecule has 2 aromatic carbocycles. The Balaban J connectivity index is 1.33. The van der Waals surface area contributed by atoms with Crippen molar-refractivity contribution in [2.75, 3.05) is 0 Å². The molecule has 4 aliphatic carbocycles. The lowest BCUT2D eigenvalue weighted by molar-refractivity contribution is -0.136. The first kappa shape index (κ1) is 22.8. The van der Waals surface area contributed by atoms with E-state index in [0.29, 0.717) is 29.5 Å². The molecular weight excluding hydrogens is 464 g/mol. The van der Waals surface area contributed by atoms with Crippen molar-refractivity contribution in [3.05, 3.63) is 70.9 Å². The van der Waals surface area contributed by atoms with Gasteiger partial charge in [-0.25, -0.2) is 4.68 Å². The van der Waals surface area contributed by atoms with Gasteiger partial charge in [0.1, 0.15) is 5.78 Å². The molecule has 3 aromatic rings. The zero-order valence-electron chi connectivity index (χ0n) is 21.3. The number of ketones is 1. The van der Waals surface area contributed by atoms with Crippen LogP contribution in [0.5, 0.6) is 0 Å². The summed E-state index contributed by atoms with van der Waals surface area (Å²) in [7, 11) is 0. The molecule has 4 heteroatoms. The molecule has 6 atom stereocenters. The summed E-state index contributed by atoms with van der Waals surface area (Å²) in [5.41, 5.74) is 6.43. The van der Waals surface area contributed by atoms with Crippen molar-refractivity contribution in [3.8, 4) is 16.9 Å². The highest BCUT2D eigenvalue weighted by Crippen LogP contribution is 2.65. The van der Waals surface area contributed by atoms with Crippen LogP contribution in [0.3, 0.4) is 0 Å². The molecule has 3 saturated carbocycles. The highest BCUT2D eigenvalue weighted by molar-refractivity contribution is 6.30. The first-order valence-corrected chi connectivity index (χ1v) is 14.2. The number of hydrogen-bond donors (Lipinski definition) is 0. The molecule has 1 heterocycles. The van der Waals surface area contributed by atoms with Crippen LogP contribution in [0.15, 0.2) is 54.6 Å². The number of Topliss-reactive ketones (excluding diaryl/α,β-unsaturated/α-hetero) is 1. The molecule has 1 aromatic heterocycles. The number of rotatable bonds is 2. The average Bonchev–Trinajstić information content (AvgIpc) is 3.40. The summed E-state index contributed by atoms with van der Waals surface area (Å²) in [6, 6.07) is 18.8. The van der Waals surface area contributed by atoms with Crippen LogP contribution in [-0.4, -0.2) is 15.6 Å². The second-order valence-corrected chi connectivity index (χ2v) is 12.9. The normalized spacial score (nSPS) is 35.0. The number of halogens is 1.